The SMILES string of the molecule is O=S(=O)(O)C(F)(F)C(F)(F)CF. The molecule has 0 amide bonds. The quantitative estimate of drug-likeness (QED) is 0.564. The Morgan fingerprint density at radius 2 is 1.50 bits per heavy atom. The highest BCUT2D eigenvalue weighted by Crippen LogP contribution is 2.38. The maximum atomic E-state index is 11.9. The minimum absolute atomic E-state index is 2.88. The zero-order valence-electron chi connectivity index (χ0n) is 5.27. The normalized spacial score (nSPS) is 14.8. The molecule has 0 aliphatic carbocycles. The van der Waals surface area contributed by atoms with E-state index in [1.54, 1.807) is 0 Å². The number of hydrogen-bond acceptors (Lipinski definition) is 2. The van der Waals surface area contributed by atoms with Crippen molar-refractivity contribution in [3.63, 3.8) is 0 Å². The highest BCUT2D eigenvalue weighted by molar-refractivity contribution is 7.87. The van der Waals surface area contributed by atoms with Crippen LogP contribution < -0.4 is 0 Å². The maximum absolute atomic E-state index is 11.9. The average molecular weight is 214 g/mol. The molecule has 0 aromatic carbocycles. The summed E-state index contributed by atoms with van der Waals surface area (Å²) in [4.78, 5) is 0. The van der Waals surface area contributed by atoms with E-state index in [4.69, 9.17) is 4.55 Å². The van der Waals surface area contributed by atoms with Crippen LogP contribution in [-0.2, 0) is 10.1 Å². The van der Waals surface area contributed by atoms with Crippen molar-refractivity contribution in [1.29, 1.82) is 0 Å². The standard InChI is InChI=1S/C3H3F5O3S/c4-1-2(5,6)3(7,8)12(9,10)11/h1H2,(H,9,10,11). The molecule has 1 N–H and O–H groups in total. The highest BCUT2D eigenvalue weighted by atomic mass is 32.2. The molecule has 0 aliphatic rings. The maximum Gasteiger partial charge on any atom is 0.434 e. The van der Waals surface area contributed by atoms with Gasteiger partial charge >= 0.3 is 21.3 Å². The summed E-state index contributed by atoms with van der Waals surface area (Å²) in [7, 11) is -6.30. The smallest absolute Gasteiger partial charge is 0.281 e. The highest BCUT2D eigenvalue weighted by Gasteiger charge is 2.65. The monoisotopic (exact) mass is 214 g/mol. The third-order valence-corrected chi connectivity index (χ3v) is 1.86. The molecule has 0 aromatic heterocycles. The van der Waals surface area contributed by atoms with Gasteiger partial charge in [0, 0.05) is 0 Å². The fourth-order valence-corrected chi connectivity index (χ4v) is 0.698. The lowest BCUT2D eigenvalue weighted by Crippen LogP contribution is -2.48. The van der Waals surface area contributed by atoms with Crippen LogP contribution >= 0.6 is 0 Å². The van der Waals surface area contributed by atoms with Crippen LogP contribution in [0, 0.1) is 0 Å². The van der Waals surface area contributed by atoms with Gasteiger partial charge < -0.3 is 0 Å². The summed E-state index contributed by atoms with van der Waals surface area (Å²) in [5.74, 6) is -5.42. The van der Waals surface area contributed by atoms with E-state index in [1.165, 1.54) is 0 Å². The first-order valence-corrected chi connectivity index (χ1v) is 3.79. The molecule has 9 heteroatoms. The first-order chi connectivity index (χ1) is 5.06. The van der Waals surface area contributed by atoms with Gasteiger partial charge in [0.25, 0.3) is 0 Å². The van der Waals surface area contributed by atoms with Gasteiger partial charge in [0.05, 0.1) is 0 Å². The summed E-state index contributed by atoms with van der Waals surface area (Å²) in [6.07, 6.45) is 0. The average Bonchev–Trinajstić information content (AvgIpc) is 1.85. The van der Waals surface area contributed by atoms with Crippen LogP contribution in [0.4, 0.5) is 22.0 Å². The molecule has 0 spiro atoms. The van der Waals surface area contributed by atoms with Gasteiger partial charge in [0.1, 0.15) is 0 Å². The molecular formula is C3H3F5O3S. The fraction of sp³-hybridized carbons (Fsp3) is 1.00. The molecule has 0 atom stereocenters. The largest absolute Gasteiger partial charge is 0.434 e. The Hall–Kier alpha value is -0.440. The Labute approximate surface area is 63.9 Å². The van der Waals surface area contributed by atoms with Gasteiger partial charge in [-0.1, -0.05) is 0 Å². The van der Waals surface area contributed by atoms with E-state index in [2.05, 4.69) is 0 Å². The summed E-state index contributed by atoms with van der Waals surface area (Å²) < 4.78 is 85.3. The first kappa shape index (κ1) is 11.6. The van der Waals surface area contributed by atoms with Gasteiger partial charge in [0.15, 0.2) is 6.67 Å². The van der Waals surface area contributed by atoms with Gasteiger partial charge in [-0.25, -0.2) is 4.39 Å². The van der Waals surface area contributed by atoms with E-state index in [-0.39, 0.29) is 0 Å². The number of rotatable bonds is 3. The van der Waals surface area contributed by atoms with Crippen molar-refractivity contribution in [3.8, 4) is 0 Å². The van der Waals surface area contributed by atoms with E-state index in [9.17, 15) is 30.4 Å². The van der Waals surface area contributed by atoms with E-state index in [1.807, 2.05) is 0 Å². The number of halogens is 5. The zero-order valence-corrected chi connectivity index (χ0v) is 6.09. The second-order valence-corrected chi connectivity index (χ2v) is 3.29. The van der Waals surface area contributed by atoms with Gasteiger partial charge in [-0.15, -0.1) is 0 Å². The Morgan fingerprint density at radius 1 is 1.17 bits per heavy atom. The first-order valence-electron chi connectivity index (χ1n) is 2.35. The molecule has 0 saturated carbocycles. The summed E-state index contributed by atoms with van der Waals surface area (Å²) in [5, 5.41) is -5.80. The van der Waals surface area contributed by atoms with E-state index >= 15 is 0 Å². The molecule has 0 bridgehead atoms. The topological polar surface area (TPSA) is 54.4 Å². The van der Waals surface area contributed by atoms with Crippen LogP contribution in [0.2, 0.25) is 0 Å². The molecule has 12 heavy (non-hydrogen) atoms. The third-order valence-electron chi connectivity index (χ3n) is 0.918. The van der Waals surface area contributed by atoms with Crippen molar-refractivity contribution >= 4 is 10.1 Å². The van der Waals surface area contributed by atoms with Crippen molar-refractivity contribution in [3.05, 3.63) is 0 Å². The van der Waals surface area contributed by atoms with Gasteiger partial charge in [0.2, 0.25) is 0 Å². The molecule has 0 radical (unpaired) electrons. The molecule has 0 heterocycles. The minimum Gasteiger partial charge on any atom is -0.281 e. The van der Waals surface area contributed by atoms with Gasteiger partial charge in [-0.05, 0) is 0 Å². The number of alkyl halides is 5. The molecule has 0 unspecified atom stereocenters. The Morgan fingerprint density at radius 3 is 1.58 bits per heavy atom. The predicted octanol–water partition coefficient (Wildman–Crippen LogP) is 1.07. The van der Waals surface area contributed by atoms with Gasteiger partial charge in [-0.2, -0.15) is 26.0 Å². The zero-order chi connectivity index (χ0) is 10.2. The predicted molar refractivity (Wildman–Crippen MR) is 27.4 cm³/mol. The van der Waals surface area contributed by atoms with Crippen LogP contribution in [0.1, 0.15) is 0 Å². The Bertz CT molecular complexity index is 257. The summed E-state index contributed by atoms with van der Waals surface area (Å²) in [5.41, 5.74) is 0. The molecule has 0 fully saturated rings. The summed E-state index contributed by atoms with van der Waals surface area (Å²) >= 11 is 0. The molecule has 74 valence electrons. The second-order valence-electron chi connectivity index (χ2n) is 1.83. The summed E-state index contributed by atoms with van der Waals surface area (Å²) in [6, 6.07) is 0. The lowest BCUT2D eigenvalue weighted by Gasteiger charge is -2.20. The van der Waals surface area contributed by atoms with Crippen LogP contribution in [0.15, 0.2) is 0 Å². The second kappa shape index (κ2) is 2.80. The van der Waals surface area contributed by atoms with Crippen molar-refractivity contribution in [2.75, 3.05) is 6.67 Å². The van der Waals surface area contributed by atoms with Crippen molar-refractivity contribution in [2.45, 2.75) is 11.2 Å². The minimum atomic E-state index is -6.30. The van der Waals surface area contributed by atoms with Crippen molar-refractivity contribution in [1.82, 2.24) is 0 Å². The molecule has 3 nitrogen and oxygen atoms in total. The molecular weight excluding hydrogens is 211 g/mol. The van der Waals surface area contributed by atoms with Crippen molar-refractivity contribution in [2.24, 2.45) is 0 Å². The Kier molecular flexibility index (Phi) is 2.70. The molecule has 0 rings (SSSR count). The molecule has 0 aromatic rings. The van der Waals surface area contributed by atoms with Crippen LogP contribution in [-0.4, -0.2) is 30.8 Å². The number of hydrogen-bond donors (Lipinski definition) is 1. The molecule has 0 aliphatic heterocycles. The van der Waals surface area contributed by atoms with E-state index in [0.29, 0.717) is 0 Å². The van der Waals surface area contributed by atoms with E-state index < -0.39 is 28.0 Å². The van der Waals surface area contributed by atoms with Crippen LogP contribution in [0.25, 0.3) is 0 Å². The van der Waals surface area contributed by atoms with Crippen LogP contribution in [0.5, 0.6) is 0 Å². The van der Waals surface area contributed by atoms with Crippen LogP contribution in [0.3, 0.4) is 0 Å². The van der Waals surface area contributed by atoms with Gasteiger partial charge in [-0.3, -0.25) is 4.55 Å². The molecule has 0 saturated heterocycles. The Balaban J connectivity index is 5.13. The van der Waals surface area contributed by atoms with E-state index in [0.717, 1.165) is 0 Å². The summed E-state index contributed by atoms with van der Waals surface area (Å²) in [6.45, 7) is -2.88. The third kappa shape index (κ3) is 1.66. The van der Waals surface area contributed by atoms with Crippen molar-refractivity contribution < 1.29 is 34.9 Å². The lowest BCUT2D eigenvalue weighted by molar-refractivity contribution is -0.168. The lowest BCUT2D eigenvalue weighted by atomic mass is 10.4. The fourth-order valence-electron chi connectivity index (χ4n) is 0.266.